The number of hydrogen-bond donors (Lipinski definition) is 1. The van der Waals surface area contributed by atoms with Crippen LogP contribution in [0.5, 0.6) is 0 Å². The van der Waals surface area contributed by atoms with E-state index in [1.807, 2.05) is 6.26 Å². The van der Waals surface area contributed by atoms with Crippen LogP contribution in [0.25, 0.3) is 0 Å². The molecule has 0 aliphatic carbocycles. The normalized spacial score (nSPS) is 9.93. The number of hydrogen-bond acceptors (Lipinski definition) is 7. The zero-order valence-corrected chi connectivity index (χ0v) is 9.00. The second-order valence-electron chi connectivity index (χ2n) is 2.75. The molecule has 0 aliphatic heterocycles. The molecule has 2 N–H and O–H groups in total. The third kappa shape index (κ3) is 1.92. The van der Waals surface area contributed by atoms with Crippen LogP contribution >= 0.6 is 11.8 Å². The Morgan fingerprint density at radius 1 is 1.43 bits per heavy atom. The van der Waals surface area contributed by atoms with Gasteiger partial charge in [-0.25, -0.2) is 9.97 Å². The quantitative estimate of drug-likeness (QED) is 0.462. The predicted molar refractivity (Wildman–Crippen MR) is 58.0 cm³/mol. The number of nitroso groups, excluding NO2 is 1. The summed E-state index contributed by atoms with van der Waals surface area (Å²) < 4.78 is 0. The number of nitrogen functional groups attached to an aromatic ring is 1. The minimum Gasteiger partial charge on any atom is -0.382 e. The Hall–Kier alpha value is -1.37. The lowest BCUT2D eigenvalue weighted by Crippen LogP contribution is -2.13. The largest absolute Gasteiger partial charge is 0.382 e. The van der Waals surface area contributed by atoms with Gasteiger partial charge in [0.15, 0.2) is 22.5 Å². The van der Waals surface area contributed by atoms with Crippen LogP contribution in [0, 0.1) is 4.91 Å². The molecule has 0 fully saturated rings. The van der Waals surface area contributed by atoms with Gasteiger partial charge in [0.2, 0.25) is 0 Å². The van der Waals surface area contributed by atoms with E-state index in [1.165, 1.54) is 11.8 Å². The van der Waals surface area contributed by atoms with Gasteiger partial charge < -0.3 is 10.6 Å². The van der Waals surface area contributed by atoms with Crippen molar-refractivity contribution in [3.8, 4) is 0 Å². The number of aromatic nitrogens is 2. The second-order valence-corrected chi connectivity index (χ2v) is 3.53. The van der Waals surface area contributed by atoms with Gasteiger partial charge in [0.25, 0.3) is 0 Å². The van der Waals surface area contributed by atoms with Crippen molar-refractivity contribution in [2.24, 2.45) is 5.18 Å². The number of nitrogens with zero attached hydrogens (tertiary/aromatic N) is 4. The summed E-state index contributed by atoms with van der Waals surface area (Å²) >= 11 is 1.36. The molecule has 1 aromatic heterocycles. The fourth-order valence-corrected chi connectivity index (χ4v) is 1.30. The lowest BCUT2D eigenvalue weighted by Gasteiger charge is -2.13. The molecule has 0 atom stereocenters. The Kier molecular flexibility index (Phi) is 3.23. The maximum atomic E-state index is 10.5. The first kappa shape index (κ1) is 10.7. The number of rotatable bonds is 3. The molecule has 0 radical (unpaired) electrons. The summed E-state index contributed by atoms with van der Waals surface area (Å²) in [6.07, 6.45) is 1.84. The molecule has 7 heteroatoms. The van der Waals surface area contributed by atoms with Gasteiger partial charge in [0, 0.05) is 14.1 Å². The van der Waals surface area contributed by atoms with Crippen LogP contribution in [0.3, 0.4) is 0 Å². The highest BCUT2D eigenvalue weighted by molar-refractivity contribution is 7.98. The second kappa shape index (κ2) is 4.23. The average molecular weight is 213 g/mol. The molecule has 0 saturated heterocycles. The molecule has 0 saturated carbocycles. The molecule has 76 valence electrons. The van der Waals surface area contributed by atoms with Crippen LogP contribution in [-0.4, -0.2) is 30.3 Å². The Morgan fingerprint density at radius 3 is 2.50 bits per heavy atom. The van der Waals surface area contributed by atoms with Crippen LogP contribution in [0.4, 0.5) is 17.3 Å². The molecular weight excluding hydrogens is 202 g/mol. The van der Waals surface area contributed by atoms with Crippen molar-refractivity contribution in [1.82, 2.24) is 9.97 Å². The Labute approximate surface area is 85.9 Å². The van der Waals surface area contributed by atoms with Crippen molar-refractivity contribution in [3.63, 3.8) is 0 Å². The van der Waals surface area contributed by atoms with Gasteiger partial charge in [-0.1, -0.05) is 11.8 Å². The molecular formula is C7H11N5OS. The molecule has 0 unspecified atom stereocenters. The van der Waals surface area contributed by atoms with E-state index < -0.39 is 0 Å². The highest BCUT2D eigenvalue weighted by atomic mass is 32.2. The summed E-state index contributed by atoms with van der Waals surface area (Å²) in [7, 11) is 3.53. The van der Waals surface area contributed by atoms with E-state index in [1.54, 1.807) is 19.0 Å². The fraction of sp³-hybridized carbons (Fsp3) is 0.429. The van der Waals surface area contributed by atoms with Gasteiger partial charge in [-0.15, -0.1) is 4.91 Å². The molecule has 0 spiro atoms. The number of anilines is 2. The number of nitrogens with two attached hydrogens (primary N) is 1. The zero-order chi connectivity index (χ0) is 10.7. The molecule has 1 rings (SSSR count). The van der Waals surface area contributed by atoms with Crippen molar-refractivity contribution in [2.45, 2.75) is 5.16 Å². The van der Waals surface area contributed by atoms with Gasteiger partial charge in [-0.3, -0.25) is 0 Å². The zero-order valence-electron chi connectivity index (χ0n) is 8.18. The minimum absolute atomic E-state index is 0.0906. The topological polar surface area (TPSA) is 84.5 Å². The first-order chi connectivity index (χ1) is 6.60. The highest BCUT2D eigenvalue weighted by Crippen LogP contribution is 2.31. The van der Waals surface area contributed by atoms with Crippen LogP contribution in [0.1, 0.15) is 0 Å². The van der Waals surface area contributed by atoms with Crippen LogP contribution in [0.15, 0.2) is 10.3 Å². The van der Waals surface area contributed by atoms with Crippen molar-refractivity contribution in [2.75, 3.05) is 31.0 Å². The average Bonchev–Trinajstić information content (AvgIpc) is 2.16. The molecule has 6 nitrogen and oxygen atoms in total. The van der Waals surface area contributed by atoms with Gasteiger partial charge in [-0.05, 0) is 11.4 Å². The predicted octanol–water partition coefficient (Wildman–Crippen LogP) is 1.24. The molecule has 0 aliphatic rings. The maximum absolute atomic E-state index is 10.5. The smallest absolute Gasteiger partial charge is 0.192 e. The monoisotopic (exact) mass is 213 g/mol. The minimum atomic E-state index is 0.0906. The third-order valence-electron chi connectivity index (χ3n) is 1.57. The first-order valence-corrected chi connectivity index (χ1v) is 5.04. The lowest BCUT2D eigenvalue weighted by atomic mass is 10.4. The highest BCUT2D eigenvalue weighted by Gasteiger charge is 2.14. The van der Waals surface area contributed by atoms with Crippen molar-refractivity contribution >= 4 is 29.1 Å². The van der Waals surface area contributed by atoms with E-state index in [0.717, 1.165) is 0 Å². The van der Waals surface area contributed by atoms with Crippen LogP contribution < -0.4 is 10.6 Å². The Balaban J connectivity index is 3.35. The molecule has 0 bridgehead atoms. The Bertz CT molecular complexity index is 354. The van der Waals surface area contributed by atoms with E-state index in [0.29, 0.717) is 11.0 Å². The molecule has 0 amide bonds. The molecule has 1 heterocycles. The van der Waals surface area contributed by atoms with Crippen molar-refractivity contribution in [1.29, 1.82) is 0 Å². The van der Waals surface area contributed by atoms with Crippen LogP contribution in [-0.2, 0) is 0 Å². The molecule has 0 aromatic carbocycles. The van der Waals surface area contributed by atoms with E-state index in [-0.39, 0.29) is 11.5 Å². The van der Waals surface area contributed by atoms with Gasteiger partial charge in [0.1, 0.15) is 0 Å². The molecule has 14 heavy (non-hydrogen) atoms. The first-order valence-electron chi connectivity index (χ1n) is 3.82. The van der Waals surface area contributed by atoms with Crippen molar-refractivity contribution in [3.05, 3.63) is 4.91 Å². The summed E-state index contributed by atoms with van der Waals surface area (Å²) in [6.45, 7) is 0. The number of thioether (sulfide) groups is 1. The van der Waals surface area contributed by atoms with E-state index >= 15 is 0 Å². The van der Waals surface area contributed by atoms with Gasteiger partial charge in [-0.2, -0.15) is 0 Å². The molecule has 1 aromatic rings. The fourth-order valence-electron chi connectivity index (χ4n) is 0.930. The summed E-state index contributed by atoms with van der Waals surface area (Å²) in [5.41, 5.74) is 5.65. The van der Waals surface area contributed by atoms with Gasteiger partial charge >= 0.3 is 0 Å². The van der Waals surface area contributed by atoms with E-state index in [9.17, 15) is 4.91 Å². The standard InChI is InChI=1S/C7H11N5OS/c1-12(2)6-4(11-13)5(8)9-7(10-6)14-3/h1-3H3,(H2,8,9,10). The van der Waals surface area contributed by atoms with Crippen LogP contribution in [0.2, 0.25) is 0 Å². The summed E-state index contributed by atoms with van der Waals surface area (Å²) in [5, 5.41) is 3.34. The summed E-state index contributed by atoms with van der Waals surface area (Å²) in [6, 6.07) is 0. The summed E-state index contributed by atoms with van der Waals surface area (Å²) in [4.78, 5) is 20.2. The maximum Gasteiger partial charge on any atom is 0.192 e. The van der Waals surface area contributed by atoms with Crippen molar-refractivity contribution < 1.29 is 0 Å². The SMILES string of the molecule is CSc1nc(N)c(N=O)c(N(C)C)n1. The van der Waals surface area contributed by atoms with E-state index in [4.69, 9.17) is 5.73 Å². The Morgan fingerprint density at radius 2 is 2.07 bits per heavy atom. The summed E-state index contributed by atoms with van der Waals surface area (Å²) in [5.74, 6) is 0.555. The van der Waals surface area contributed by atoms with Gasteiger partial charge in [0.05, 0.1) is 0 Å². The van der Waals surface area contributed by atoms with E-state index in [2.05, 4.69) is 15.1 Å². The third-order valence-corrected chi connectivity index (χ3v) is 2.12. The lowest BCUT2D eigenvalue weighted by molar-refractivity contribution is 0.935.